The lowest BCUT2D eigenvalue weighted by Crippen LogP contribution is -2.41. The van der Waals surface area contributed by atoms with Crippen molar-refractivity contribution in [1.82, 2.24) is 15.3 Å². The van der Waals surface area contributed by atoms with Crippen LogP contribution in [0.4, 0.5) is 17.6 Å². The van der Waals surface area contributed by atoms with Crippen LogP contribution in [0.1, 0.15) is 82.6 Å². The van der Waals surface area contributed by atoms with Gasteiger partial charge in [-0.1, -0.05) is 62.3 Å². The number of rotatable bonds is 6. The predicted octanol–water partition coefficient (Wildman–Crippen LogP) is 6.69. The molecular weight excluding hydrogens is 500 g/mol. The number of thiocarbonyl (C=S) groups is 1. The molecule has 200 valence electrons. The Labute approximate surface area is 232 Å². The molecule has 2 N–H and O–H groups in total. The summed E-state index contributed by atoms with van der Waals surface area (Å²) < 4.78 is 0. The van der Waals surface area contributed by atoms with Crippen molar-refractivity contribution in [3.63, 3.8) is 0 Å². The standard InChI is InChI=1S/C29H41ClN6S/c30-24-13-11-12-23(20-24)29(14-5-6-15-29)22-31-28(37)34-27-32-25(35-16-7-1-2-8-17-35)21-26(33-27)36-18-9-3-4-10-19-36/h11-13,20-21H,1-10,14-19,22H2,(H2,31,32,33,34,37). The van der Waals surface area contributed by atoms with E-state index in [2.05, 4.69) is 44.7 Å². The zero-order valence-corrected chi connectivity index (χ0v) is 23.6. The SMILES string of the molecule is S=C(NCC1(c2cccc(Cl)c2)CCCC1)Nc1nc(N2CCCCCC2)cc(N2CCCCCC2)n1. The van der Waals surface area contributed by atoms with Crippen LogP contribution >= 0.6 is 23.8 Å². The van der Waals surface area contributed by atoms with Crippen molar-refractivity contribution in [2.24, 2.45) is 0 Å². The molecule has 5 rings (SSSR count). The van der Waals surface area contributed by atoms with Crippen LogP contribution < -0.4 is 20.4 Å². The van der Waals surface area contributed by atoms with Gasteiger partial charge in [0.1, 0.15) is 11.6 Å². The van der Waals surface area contributed by atoms with E-state index in [1.54, 1.807) is 0 Å². The molecule has 0 atom stereocenters. The number of nitrogens with one attached hydrogen (secondary N) is 2. The number of nitrogens with zero attached hydrogens (tertiary/aromatic N) is 4. The van der Waals surface area contributed by atoms with Gasteiger partial charge in [-0.2, -0.15) is 9.97 Å². The van der Waals surface area contributed by atoms with Crippen LogP contribution in [-0.4, -0.2) is 47.8 Å². The minimum absolute atomic E-state index is 0.0581. The second-order valence-corrected chi connectivity index (χ2v) is 11.9. The zero-order valence-electron chi connectivity index (χ0n) is 22.0. The molecule has 8 heteroatoms. The number of benzene rings is 1. The highest BCUT2D eigenvalue weighted by Gasteiger charge is 2.35. The largest absolute Gasteiger partial charge is 0.361 e. The van der Waals surface area contributed by atoms with Gasteiger partial charge in [-0.15, -0.1) is 0 Å². The van der Waals surface area contributed by atoms with E-state index in [4.69, 9.17) is 33.8 Å². The molecule has 1 saturated carbocycles. The maximum absolute atomic E-state index is 6.35. The van der Waals surface area contributed by atoms with Gasteiger partial charge in [0.2, 0.25) is 5.95 Å². The van der Waals surface area contributed by atoms with E-state index in [1.807, 2.05) is 6.07 Å². The topological polar surface area (TPSA) is 56.3 Å². The molecule has 0 spiro atoms. The fourth-order valence-electron chi connectivity index (χ4n) is 6.23. The molecular formula is C29H41ClN6S. The Hall–Kier alpha value is -2.12. The number of aromatic nitrogens is 2. The van der Waals surface area contributed by atoms with Gasteiger partial charge in [0.15, 0.2) is 5.11 Å². The first-order valence-corrected chi connectivity index (χ1v) is 15.1. The van der Waals surface area contributed by atoms with Gasteiger partial charge in [0.25, 0.3) is 0 Å². The summed E-state index contributed by atoms with van der Waals surface area (Å²) in [5.41, 5.74) is 1.36. The third-order valence-electron chi connectivity index (χ3n) is 8.37. The van der Waals surface area contributed by atoms with Gasteiger partial charge in [0, 0.05) is 49.2 Å². The van der Waals surface area contributed by atoms with E-state index in [0.29, 0.717) is 11.1 Å². The molecule has 0 bridgehead atoms. The molecule has 1 aromatic carbocycles. The first-order valence-electron chi connectivity index (χ1n) is 14.3. The number of anilines is 3. The van der Waals surface area contributed by atoms with Gasteiger partial charge in [-0.05, 0) is 68.4 Å². The minimum Gasteiger partial charge on any atom is -0.361 e. The summed E-state index contributed by atoms with van der Waals surface area (Å²) >= 11 is 12.1. The maximum atomic E-state index is 6.35. The summed E-state index contributed by atoms with van der Waals surface area (Å²) in [4.78, 5) is 14.8. The third kappa shape index (κ3) is 6.85. The van der Waals surface area contributed by atoms with Crippen LogP contribution in [-0.2, 0) is 5.41 Å². The summed E-state index contributed by atoms with van der Waals surface area (Å²) in [5.74, 6) is 2.64. The number of hydrogen-bond donors (Lipinski definition) is 2. The molecule has 2 aliphatic heterocycles. The molecule has 0 amide bonds. The van der Waals surface area contributed by atoms with Crippen molar-refractivity contribution < 1.29 is 0 Å². The van der Waals surface area contributed by atoms with E-state index in [1.165, 1.54) is 69.8 Å². The quantitative estimate of drug-likeness (QED) is 0.396. The second-order valence-electron chi connectivity index (χ2n) is 11.0. The van der Waals surface area contributed by atoms with Gasteiger partial charge in [-0.3, -0.25) is 0 Å². The molecule has 3 heterocycles. The Kier molecular flexibility index (Phi) is 9.03. The van der Waals surface area contributed by atoms with Gasteiger partial charge in [-0.25, -0.2) is 0 Å². The van der Waals surface area contributed by atoms with Crippen LogP contribution in [0, 0.1) is 0 Å². The highest BCUT2D eigenvalue weighted by Crippen LogP contribution is 2.41. The van der Waals surface area contributed by atoms with Crippen molar-refractivity contribution in [2.45, 2.75) is 82.5 Å². The van der Waals surface area contributed by atoms with Crippen molar-refractivity contribution in [1.29, 1.82) is 0 Å². The highest BCUT2D eigenvalue weighted by molar-refractivity contribution is 7.80. The highest BCUT2D eigenvalue weighted by atomic mass is 35.5. The van der Waals surface area contributed by atoms with E-state index in [9.17, 15) is 0 Å². The second kappa shape index (κ2) is 12.6. The fourth-order valence-corrected chi connectivity index (χ4v) is 6.59. The van der Waals surface area contributed by atoms with E-state index in [0.717, 1.165) is 62.2 Å². The van der Waals surface area contributed by atoms with E-state index < -0.39 is 0 Å². The molecule has 1 aromatic heterocycles. The summed E-state index contributed by atoms with van der Waals surface area (Å²) in [6.07, 6.45) is 14.8. The first-order chi connectivity index (χ1) is 18.1. The van der Waals surface area contributed by atoms with Crippen LogP contribution in [0.3, 0.4) is 0 Å². The van der Waals surface area contributed by atoms with Crippen LogP contribution in [0.15, 0.2) is 30.3 Å². The molecule has 3 fully saturated rings. The van der Waals surface area contributed by atoms with Crippen LogP contribution in [0.25, 0.3) is 0 Å². The lowest BCUT2D eigenvalue weighted by molar-refractivity contribution is 0.435. The zero-order chi connectivity index (χ0) is 25.5. The number of hydrogen-bond acceptors (Lipinski definition) is 5. The molecule has 2 saturated heterocycles. The molecule has 37 heavy (non-hydrogen) atoms. The summed E-state index contributed by atoms with van der Waals surface area (Å²) in [6.45, 7) is 5.01. The van der Waals surface area contributed by atoms with Gasteiger partial charge < -0.3 is 20.4 Å². The van der Waals surface area contributed by atoms with Crippen molar-refractivity contribution in [3.05, 3.63) is 40.9 Å². The lowest BCUT2D eigenvalue weighted by atomic mass is 9.79. The Morgan fingerprint density at radius 2 is 1.38 bits per heavy atom. The predicted molar refractivity (Wildman–Crippen MR) is 159 cm³/mol. The summed E-state index contributed by atoms with van der Waals surface area (Å²) in [6, 6.07) is 10.5. The van der Waals surface area contributed by atoms with Crippen molar-refractivity contribution in [2.75, 3.05) is 47.8 Å². The molecule has 0 unspecified atom stereocenters. The monoisotopic (exact) mass is 540 g/mol. The first kappa shape index (κ1) is 26.5. The Bertz CT molecular complexity index is 1000. The summed E-state index contributed by atoms with van der Waals surface area (Å²) in [5, 5.41) is 8.26. The van der Waals surface area contributed by atoms with Gasteiger partial charge in [0.05, 0.1) is 0 Å². The number of halogens is 1. The average molecular weight is 541 g/mol. The molecule has 1 aliphatic carbocycles. The fraction of sp³-hybridized carbons (Fsp3) is 0.621. The third-order valence-corrected chi connectivity index (χ3v) is 8.85. The molecule has 3 aliphatic rings. The molecule has 0 radical (unpaired) electrons. The van der Waals surface area contributed by atoms with E-state index >= 15 is 0 Å². The van der Waals surface area contributed by atoms with Crippen molar-refractivity contribution in [3.8, 4) is 0 Å². The molecule has 6 nitrogen and oxygen atoms in total. The maximum Gasteiger partial charge on any atom is 0.232 e. The smallest absolute Gasteiger partial charge is 0.232 e. The molecule has 2 aromatic rings. The average Bonchev–Trinajstić information content (AvgIpc) is 3.08. The van der Waals surface area contributed by atoms with E-state index in [-0.39, 0.29) is 5.41 Å². The Morgan fingerprint density at radius 3 is 1.92 bits per heavy atom. The Morgan fingerprint density at radius 1 is 0.811 bits per heavy atom. The van der Waals surface area contributed by atoms with Crippen molar-refractivity contribution >= 4 is 46.5 Å². The lowest BCUT2D eigenvalue weighted by Gasteiger charge is -2.31. The normalized spacial score (nSPS) is 20.2. The summed E-state index contributed by atoms with van der Waals surface area (Å²) in [7, 11) is 0. The van der Waals surface area contributed by atoms with Crippen LogP contribution in [0.5, 0.6) is 0 Å². The Balaban J connectivity index is 1.32. The van der Waals surface area contributed by atoms with Crippen LogP contribution in [0.2, 0.25) is 5.02 Å². The van der Waals surface area contributed by atoms with Gasteiger partial charge >= 0.3 is 0 Å². The minimum atomic E-state index is 0.0581.